The highest BCUT2D eigenvalue weighted by Gasteiger charge is 2.22. The van der Waals surface area contributed by atoms with E-state index in [1.54, 1.807) is 11.3 Å². The molecule has 4 rings (SSSR count). The number of carbonyl (C=O) groups excluding carboxylic acids is 1. The van der Waals surface area contributed by atoms with Crippen molar-refractivity contribution in [2.24, 2.45) is 0 Å². The minimum atomic E-state index is 0.0950. The van der Waals surface area contributed by atoms with Crippen LogP contribution in [-0.2, 0) is 12.8 Å². The average Bonchev–Trinajstić information content (AvgIpc) is 3.21. The van der Waals surface area contributed by atoms with E-state index in [4.69, 9.17) is 0 Å². The van der Waals surface area contributed by atoms with E-state index in [2.05, 4.69) is 28.9 Å². The lowest BCUT2D eigenvalue weighted by Crippen LogP contribution is -2.24. The molecule has 2 heterocycles. The molecular weight excluding hydrogens is 322 g/mol. The van der Waals surface area contributed by atoms with Gasteiger partial charge in [-0.15, -0.1) is 22.7 Å². The Labute approximate surface area is 145 Å². The van der Waals surface area contributed by atoms with Crippen LogP contribution in [0.4, 0.5) is 0 Å². The molecule has 2 aromatic heterocycles. The number of carbonyl (C=O) groups is 1. The van der Waals surface area contributed by atoms with Crippen molar-refractivity contribution in [2.75, 3.05) is 6.54 Å². The molecule has 0 saturated heterocycles. The molecule has 0 atom stereocenters. The van der Waals surface area contributed by atoms with Gasteiger partial charge < -0.3 is 5.32 Å². The highest BCUT2D eigenvalue weighted by molar-refractivity contribution is 7.18. The second-order valence-electron chi connectivity index (χ2n) is 6.34. The molecule has 1 N–H and O–H groups in total. The van der Waals surface area contributed by atoms with Crippen LogP contribution in [0.1, 0.15) is 52.2 Å². The van der Waals surface area contributed by atoms with Gasteiger partial charge in [0, 0.05) is 21.9 Å². The predicted molar refractivity (Wildman–Crippen MR) is 98.5 cm³/mol. The standard InChI is InChI=1S/C19H21NOS2/c21-19(20-10-8-13-4-2-1-3-5-13)17-12-14-6-7-16-15(9-11-22-16)18(14)23-17/h4,9,11-12H,1-3,5-8,10H2,(H,20,21). The molecule has 0 unspecified atom stereocenters. The minimum absolute atomic E-state index is 0.0950. The summed E-state index contributed by atoms with van der Waals surface area (Å²) in [6, 6.07) is 4.31. The molecule has 0 spiro atoms. The van der Waals surface area contributed by atoms with Gasteiger partial charge >= 0.3 is 0 Å². The van der Waals surface area contributed by atoms with Gasteiger partial charge in [0.25, 0.3) is 5.91 Å². The number of hydrogen-bond donors (Lipinski definition) is 1. The lowest BCUT2D eigenvalue weighted by Gasteiger charge is -2.12. The number of nitrogens with one attached hydrogen (secondary N) is 1. The lowest BCUT2D eigenvalue weighted by molar-refractivity contribution is 0.0958. The van der Waals surface area contributed by atoms with Gasteiger partial charge in [0.05, 0.1) is 4.88 Å². The van der Waals surface area contributed by atoms with Gasteiger partial charge in [-0.3, -0.25) is 4.79 Å². The third kappa shape index (κ3) is 3.15. The van der Waals surface area contributed by atoms with E-state index in [0.717, 1.165) is 30.7 Å². The van der Waals surface area contributed by atoms with Crippen LogP contribution in [0.3, 0.4) is 0 Å². The number of rotatable bonds is 4. The Morgan fingerprint density at radius 3 is 3.04 bits per heavy atom. The smallest absolute Gasteiger partial charge is 0.261 e. The minimum Gasteiger partial charge on any atom is -0.351 e. The summed E-state index contributed by atoms with van der Waals surface area (Å²) in [5.74, 6) is 0.0950. The SMILES string of the molecule is O=C(NCCC1=CCCCC1)c1cc2c(s1)-c1ccsc1CC2. The molecule has 0 fully saturated rings. The number of allylic oxidation sites excluding steroid dienone is 1. The summed E-state index contributed by atoms with van der Waals surface area (Å²) in [4.78, 5) is 16.1. The highest BCUT2D eigenvalue weighted by Crippen LogP contribution is 2.41. The molecule has 120 valence electrons. The summed E-state index contributed by atoms with van der Waals surface area (Å²) in [5.41, 5.74) is 4.22. The van der Waals surface area contributed by atoms with Crippen LogP contribution in [-0.4, -0.2) is 12.5 Å². The van der Waals surface area contributed by atoms with Crippen LogP contribution < -0.4 is 5.32 Å². The Morgan fingerprint density at radius 1 is 1.22 bits per heavy atom. The monoisotopic (exact) mass is 343 g/mol. The van der Waals surface area contributed by atoms with E-state index < -0.39 is 0 Å². The summed E-state index contributed by atoms with van der Waals surface area (Å²) >= 11 is 3.49. The Balaban J connectivity index is 1.41. The maximum atomic E-state index is 12.4. The third-order valence-corrected chi connectivity index (χ3v) is 6.95. The molecule has 0 radical (unpaired) electrons. The highest BCUT2D eigenvalue weighted by atomic mass is 32.1. The van der Waals surface area contributed by atoms with E-state index >= 15 is 0 Å². The molecule has 0 saturated carbocycles. The van der Waals surface area contributed by atoms with Crippen LogP contribution in [0.2, 0.25) is 0 Å². The number of fused-ring (bicyclic) bond motifs is 3. The zero-order valence-electron chi connectivity index (χ0n) is 13.2. The Hall–Kier alpha value is -1.39. The predicted octanol–water partition coefficient (Wildman–Crippen LogP) is 5.20. The van der Waals surface area contributed by atoms with Gasteiger partial charge in [0.1, 0.15) is 0 Å². The summed E-state index contributed by atoms with van der Waals surface area (Å²) in [6.07, 6.45) is 10.6. The van der Waals surface area contributed by atoms with Crippen molar-refractivity contribution in [2.45, 2.75) is 44.9 Å². The van der Waals surface area contributed by atoms with Crippen molar-refractivity contribution in [3.63, 3.8) is 0 Å². The second-order valence-corrected chi connectivity index (χ2v) is 8.39. The van der Waals surface area contributed by atoms with Gasteiger partial charge in [-0.25, -0.2) is 0 Å². The molecule has 0 aromatic carbocycles. The number of thiophene rings is 2. The fourth-order valence-corrected chi connectivity index (χ4v) is 5.62. The molecule has 0 aliphatic heterocycles. The van der Waals surface area contributed by atoms with Gasteiger partial charge in [-0.2, -0.15) is 0 Å². The third-order valence-electron chi connectivity index (χ3n) is 4.76. The van der Waals surface area contributed by atoms with Crippen molar-refractivity contribution in [1.82, 2.24) is 5.32 Å². The Bertz CT molecular complexity index is 753. The lowest BCUT2D eigenvalue weighted by atomic mass is 9.97. The molecule has 0 bridgehead atoms. The Kier molecular flexibility index (Phi) is 4.36. The molecule has 23 heavy (non-hydrogen) atoms. The summed E-state index contributed by atoms with van der Waals surface area (Å²) in [5, 5.41) is 5.27. The zero-order chi connectivity index (χ0) is 15.6. The van der Waals surface area contributed by atoms with Crippen molar-refractivity contribution in [3.05, 3.63) is 44.5 Å². The van der Waals surface area contributed by atoms with Crippen molar-refractivity contribution >= 4 is 28.6 Å². The van der Waals surface area contributed by atoms with E-state index in [0.29, 0.717) is 0 Å². The molecule has 2 nitrogen and oxygen atoms in total. The normalized spacial score (nSPS) is 16.4. The summed E-state index contributed by atoms with van der Waals surface area (Å²) in [7, 11) is 0. The van der Waals surface area contributed by atoms with Crippen LogP contribution in [0, 0.1) is 0 Å². The van der Waals surface area contributed by atoms with Crippen molar-refractivity contribution in [3.8, 4) is 10.4 Å². The van der Waals surface area contributed by atoms with E-state index in [9.17, 15) is 4.79 Å². The van der Waals surface area contributed by atoms with Gasteiger partial charge in [-0.05, 0) is 68.0 Å². The molecular formula is C19H21NOS2. The van der Waals surface area contributed by atoms with Gasteiger partial charge in [-0.1, -0.05) is 11.6 Å². The van der Waals surface area contributed by atoms with E-state index in [1.807, 2.05) is 11.3 Å². The maximum absolute atomic E-state index is 12.4. The first-order chi connectivity index (χ1) is 11.3. The quantitative estimate of drug-likeness (QED) is 0.760. The first kappa shape index (κ1) is 15.2. The zero-order valence-corrected chi connectivity index (χ0v) is 14.8. The first-order valence-electron chi connectivity index (χ1n) is 8.47. The summed E-state index contributed by atoms with van der Waals surface area (Å²) < 4.78 is 0. The van der Waals surface area contributed by atoms with Crippen LogP contribution in [0.5, 0.6) is 0 Å². The van der Waals surface area contributed by atoms with Crippen molar-refractivity contribution < 1.29 is 4.79 Å². The number of aryl methyl sites for hydroxylation is 2. The average molecular weight is 344 g/mol. The number of hydrogen-bond acceptors (Lipinski definition) is 3. The van der Waals surface area contributed by atoms with Crippen LogP contribution in [0.25, 0.3) is 10.4 Å². The number of amides is 1. The first-order valence-corrected chi connectivity index (χ1v) is 10.2. The molecule has 4 heteroatoms. The fourth-order valence-electron chi connectivity index (χ4n) is 3.49. The second kappa shape index (κ2) is 6.62. The van der Waals surface area contributed by atoms with E-state index in [1.165, 1.54) is 52.1 Å². The van der Waals surface area contributed by atoms with Gasteiger partial charge in [0.15, 0.2) is 0 Å². The Morgan fingerprint density at radius 2 is 2.17 bits per heavy atom. The fraction of sp³-hybridized carbons (Fsp3) is 0.421. The van der Waals surface area contributed by atoms with Crippen LogP contribution in [0.15, 0.2) is 29.2 Å². The molecule has 2 aliphatic carbocycles. The van der Waals surface area contributed by atoms with Crippen molar-refractivity contribution in [1.29, 1.82) is 0 Å². The largest absolute Gasteiger partial charge is 0.351 e. The van der Waals surface area contributed by atoms with E-state index in [-0.39, 0.29) is 5.91 Å². The van der Waals surface area contributed by atoms with Crippen LogP contribution >= 0.6 is 22.7 Å². The molecule has 2 aromatic rings. The molecule has 1 amide bonds. The maximum Gasteiger partial charge on any atom is 0.261 e. The topological polar surface area (TPSA) is 29.1 Å². The van der Waals surface area contributed by atoms with Gasteiger partial charge in [0.2, 0.25) is 0 Å². The summed E-state index contributed by atoms with van der Waals surface area (Å²) in [6.45, 7) is 0.761. The molecule has 2 aliphatic rings.